The predicted octanol–water partition coefficient (Wildman–Crippen LogP) is 2.95. The topological polar surface area (TPSA) is 107 Å². The van der Waals surface area contributed by atoms with Crippen molar-refractivity contribution in [2.24, 2.45) is 5.92 Å². The molecule has 0 bridgehead atoms. The van der Waals surface area contributed by atoms with Crippen molar-refractivity contribution in [3.8, 4) is 0 Å². The Morgan fingerprint density at radius 2 is 2.04 bits per heavy atom. The zero-order valence-corrected chi connectivity index (χ0v) is 18.0. The highest BCUT2D eigenvalue weighted by molar-refractivity contribution is 7.99. The van der Waals surface area contributed by atoms with Crippen LogP contribution in [0.15, 0.2) is 5.16 Å². The molecule has 1 aliphatic rings. The number of fused-ring (bicyclic) bond motifs is 3. The van der Waals surface area contributed by atoms with Crippen molar-refractivity contribution < 1.29 is 14.3 Å². The standard InChI is InChI=1S/C19H26N4O3S2/c1-10(2)8-12(18(25)26-3)21-14(24)9-27-19-22-16(20)15-11-6-4-5-7-13(11)28-17(15)23-19/h10,12H,4-9H2,1-3H3,(H,21,24)(H2,20,22,23)/t12-/m0/s1. The van der Waals surface area contributed by atoms with Crippen LogP contribution < -0.4 is 11.1 Å². The second-order valence-electron chi connectivity index (χ2n) is 7.34. The number of thioether (sulfide) groups is 1. The lowest BCUT2D eigenvalue weighted by atomic mass is 9.97. The van der Waals surface area contributed by atoms with Gasteiger partial charge in [0.1, 0.15) is 16.7 Å². The molecule has 0 fully saturated rings. The Bertz CT molecular complexity index is 882. The molecule has 0 aromatic carbocycles. The zero-order valence-electron chi connectivity index (χ0n) is 16.4. The Kier molecular flexibility index (Phi) is 6.77. The molecule has 0 unspecified atom stereocenters. The van der Waals surface area contributed by atoms with Gasteiger partial charge in [0.15, 0.2) is 5.16 Å². The number of carbonyl (C=O) groups excluding carboxylic acids is 2. The number of nitrogens with one attached hydrogen (secondary N) is 1. The van der Waals surface area contributed by atoms with Crippen molar-refractivity contribution in [3.05, 3.63) is 10.4 Å². The van der Waals surface area contributed by atoms with Gasteiger partial charge in [-0.25, -0.2) is 14.8 Å². The van der Waals surface area contributed by atoms with Crippen molar-refractivity contribution in [2.45, 2.75) is 57.1 Å². The van der Waals surface area contributed by atoms with Crippen LogP contribution in [0, 0.1) is 5.92 Å². The number of anilines is 1. The molecule has 152 valence electrons. The molecule has 2 aromatic rings. The molecule has 0 saturated carbocycles. The lowest BCUT2D eigenvalue weighted by Crippen LogP contribution is -2.43. The minimum Gasteiger partial charge on any atom is -0.467 e. The highest BCUT2D eigenvalue weighted by Gasteiger charge is 2.23. The van der Waals surface area contributed by atoms with E-state index < -0.39 is 12.0 Å². The number of esters is 1. The van der Waals surface area contributed by atoms with E-state index in [2.05, 4.69) is 15.3 Å². The monoisotopic (exact) mass is 422 g/mol. The van der Waals surface area contributed by atoms with Gasteiger partial charge in [0.25, 0.3) is 0 Å². The van der Waals surface area contributed by atoms with Crippen LogP contribution in [0.3, 0.4) is 0 Å². The van der Waals surface area contributed by atoms with Gasteiger partial charge in [-0.3, -0.25) is 4.79 Å². The molecule has 0 saturated heterocycles. The number of amides is 1. The Hall–Kier alpha value is -1.87. The lowest BCUT2D eigenvalue weighted by molar-refractivity contribution is -0.145. The molecule has 2 heterocycles. The average Bonchev–Trinajstić information content (AvgIpc) is 3.03. The second kappa shape index (κ2) is 9.09. The SMILES string of the molecule is COC(=O)[C@H](CC(C)C)NC(=O)CSc1nc(N)c2c3c(sc2n1)CCCC3. The van der Waals surface area contributed by atoms with E-state index in [0.29, 0.717) is 17.4 Å². The normalized spacial score (nSPS) is 14.7. The number of methoxy groups -OCH3 is 1. The van der Waals surface area contributed by atoms with E-state index in [4.69, 9.17) is 10.5 Å². The highest BCUT2D eigenvalue weighted by Crippen LogP contribution is 2.38. The number of rotatable bonds is 7. The Morgan fingerprint density at radius 3 is 2.75 bits per heavy atom. The largest absolute Gasteiger partial charge is 0.467 e. The van der Waals surface area contributed by atoms with Crippen LogP contribution in [0.5, 0.6) is 0 Å². The summed E-state index contributed by atoms with van der Waals surface area (Å²) < 4.78 is 4.78. The molecule has 1 amide bonds. The summed E-state index contributed by atoms with van der Waals surface area (Å²) in [5.41, 5.74) is 7.50. The minimum absolute atomic E-state index is 0.113. The van der Waals surface area contributed by atoms with Gasteiger partial charge < -0.3 is 15.8 Å². The number of aromatic nitrogens is 2. The molecule has 9 heteroatoms. The van der Waals surface area contributed by atoms with Crippen molar-refractivity contribution in [2.75, 3.05) is 18.6 Å². The Balaban J connectivity index is 1.67. The summed E-state index contributed by atoms with van der Waals surface area (Å²) in [6.07, 6.45) is 5.01. The van der Waals surface area contributed by atoms with E-state index >= 15 is 0 Å². The van der Waals surface area contributed by atoms with Crippen LogP contribution in [0.2, 0.25) is 0 Å². The summed E-state index contributed by atoms with van der Waals surface area (Å²) in [4.78, 5) is 35.4. The first-order valence-electron chi connectivity index (χ1n) is 9.46. The summed E-state index contributed by atoms with van der Waals surface area (Å²) in [6, 6.07) is -0.643. The zero-order chi connectivity index (χ0) is 20.3. The van der Waals surface area contributed by atoms with Crippen LogP contribution in [-0.2, 0) is 27.2 Å². The molecule has 1 atom stereocenters. The molecule has 0 aliphatic heterocycles. The number of nitrogens with zero attached hydrogens (tertiary/aromatic N) is 2. The molecule has 0 spiro atoms. The van der Waals surface area contributed by atoms with Gasteiger partial charge in [-0.15, -0.1) is 11.3 Å². The van der Waals surface area contributed by atoms with Crippen molar-refractivity contribution in [1.82, 2.24) is 15.3 Å². The predicted molar refractivity (Wildman–Crippen MR) is 113 cm³/mol. The van der Waals surface area contributed by atoms with Gasteiger partial charge in [0.2, 0.25) is 5.91 Å². The molecule has 3 N–H and O–H groups in total. The number of hydrogen-bond acceptors (Lipinski definition) is 8. The number of aryl methyl sites for hydroxylation is 2. The van der Waals surface area contributed by atoms with E-state index in [1.807, 2.05) is 13.8 Å². The maximum Gasteiger partial charge on any atom is 0.328 e. The van der Waals surface area contributed by atoms with Crippen LogP contribution in [0.4, 0.5) is 5.82 Å². The number of nitrogens with two attached hydrogens (primary N) is 1. The fourth-order valence-corrected chi connectivity index (χ4v) is 5.41. The summed E-state index contributed by atoms with van der Waals surface area (Å²) in [5.74, 6) is 0.167. The maximum atomic E-state index is 12.3. The van der Waals surface area contributed by atoms with Crippen molar-refractivity contribution in [1.29, 1.82) is 0 Å². The molecule has 0 radical (unpaired) electrons. The molecule has 28 heavy (non-hydrogen) atoms. The smallest absolute Gasteiger partial charge is 0.328 e. The first-order valence-corrected chi connectivity index (χ1v) is 11.3. The molecule has 2 aromatic heterocycles. The molecular weight excluding hydrogens is 396 g/mol. The fraction of sp³-hybridized carbons (Fsp3) is 0.579. The summed E-state index contributed by atoms with van der Waals surface area (Å²) in [7, 11) is 1.32. The van der Waals surface area contributed by atoms with E-state index in [-0.39, 0.29) is 17.6 Å². The van der Waals surface area contributed by atoms with Gasteiger partial charge >= 0.3 is 5.97 Å². The van der Waals surface area contributed by atoms with Crippen LogP contribution in [-0.4, -0.2) is 40.7 Å². The summed E-state index contributed by atoms with van der Waals surface area (Å²) >= 11 is 2.90. The number of ether oxygens (including phenoxy) is 1. The number of hydrogen-bond donors (Lipinski definition) is 2. The number of carbonyl (C=O) groups is 2. The van der Waals surface area contributed by atoms with Crippen LogP contribution in [0.1, 0.15) is 43.6 Å². The summed E-state index contributed by atoms with van der Waals surface area (Å²) in [5, 5.41) is 4.21. The first kappa shape index (κ1) is 20.9. The summed E-state index contributed by atoms with van der Waals surface area (Å²) in [6.45, 7) is 3.98. The van der Waals surface area contributed by atoms with Gasteiger partial charge in [0.05, 0.1) is 18.2 Å². The quantitative estimate of drug-likeness (QED) is 0.401. The minimum atomic E-state index is -0.643. The highest BCUT2D eigenvalue weighted by atomic mass is 32.2. The Labute approximate surface area is 172 Å². The van der Waals surface area contributed by atoms with Crippen LogP contribution in [0.25, 0.3) is 10.2 Å². The first-order chi connectivity index (χ1) is 13.4. The molecule has 7 nitrogen and oxygen atoms in total. The van der Waals surface area contributed by atoms with E-state index in [1.165, 1.54) is 42.2 Å². The molecule has 1 aliphatic carbocycles. The average molecular weight is 423 g/mol. The van der Waals surface area contributed by atoms with E-state index in [0.717, 1.165) is 23.1 Å². The van der Waals surface area contributed by atoms with Gasteiger partial charge in [0, 0.05) is 4.88 Å². The Morgan fingerprint density at radius 1 is 1.29 bits per heavy atom. The number of thiophene rings is 1. The third-order valence-corrected chi connectivity index (χ3v) is 6.72. The molecular formula is C19H26N4O3S2. The van der Waals surface area contributed by atoms with Gasteiger partial charge in [-0.1, -0.05) is 25.6 Å². The van der Waals surface area contributed by atoms with E-state index in [1.54, 1.807) is 11.3 Å². The van der Waals surface area contributed by atoms with Crippen molar-refractivity contribution in [3.63, 3.8) is 0 Å². The second-order valence-corrected chi connectivity index (χ2v) is 9.37. The fourth-order valence-electron chi connectivity index (χ4n) is 3.42. The lowest BCUT2D eigenvalue weighted by Gasteiger charge is -2.18. The van der Waals surface area contributed by atoms with E-state index in [9.17, 15) is 9.59 Å². The van der Waals surface area contributed by atoms with Crippen molar-refractivity contribution >= 4 is 51.0 Å². The molecule has 3 rings (SSSR count). The maximum absolute atomic E-state index is 12.3. The number of nitrogen functional groups attached to an aromatic ring is 1. The third-order valence-electron chi connectivity index (χ3n) is 4.68. The van der Waals surface area contributed by atoms with Crippen LogP contribution >= 0.6 is 23.1 Å². The third kappa shape index (κ3) is 4.75. The van der Waals surface area contributed by atoms with Gasteiger partial charge in [-0.05, 0) is 43.6 Å². The van der Waals surface area contributed by atoms with Gasteiger partial charge in [-0.2, -0.15) is 0 Å².